The van der Waals surface area contributed by atoms with E-state index in [9.17, 15) is 32.4 Å². The number of nitrogens with one attached hydrogen (secondary N) is 4. The third kappa shape index (κ3) is 9.17. The van der Waals surface area contributed by atoms with E-state index in [2.05, 4.69) is 21.3 Å². The predicted octanol–water partition coefficient (Wildman–Crippen LogP) is 1.42. The van der Waals surface area contributed by atoms with Gasteiger partial charge in [-0.15, -0.1) is 0 Å². The van der Waals surface area contributed by atoms with Gasteiger partial charge >= 0.3 is 6.03 Å². The molecule has 254 valence electrons. The van der Waals surface area contributed by atoms with E-state index in [-0.39, 0.29) is 17.8 Å². The van der Waals surface area contributed by atoms with Crippen LogP contribution in [0.1, 0.15) is 98.3 Å². The molecule has 4 aliphatic rings. The third-order valence-electron chi connectivity index (χ3n) is 9.78. The number of carbonyl (C=O) groups excluding carboxylic acids is 5. The van der Waals surface area contributed by atoms with Gasteiger partial charge in [0.25, 0.3) is 5.91 Å². The molecule has 3 atom stereocenters. The lowest BCUT2D eigenvalue weighted by atomic mass is 9.83. The van der Waals surface area contributed by atoms with Gasteiger partial charge in [-0.05, 0) is 69.6 Å². The maximum absolute atomic E-state index is 13.9. The zero-order valence-electron chi connectivity index (χ0n) is 27.4. The quantitative estimate of drug-likeness (QED) is 0.218. The van der Waals surface area contributed by atoms with Gasteiger partial charge in [0.05, 0.1) is 17.8 Å². The summed E-state index contributed by atoms with van der Waals surface area (Å²) >= 11 is 0. The molecule has 13 nitrogen and oxygen atoms in total. The summed E-state index contributed by atoms with van der Waals surface area (Å²) in [6, 6.07) is -2.55. The minimum atomic E-state index is -3.67. The maximum atomic E-state index is 13.9. The largest absolute Gasteiger partial charge is 0.347 e. The van der Waals surface area contributed by atoms with Crippen LogP contribution in [0.15, 0.2) is 0 Å². The highest BCUT2D eigenvalue weighted by Gasteiger charge is 2.45. The molecule has 5 amide bonds. The number of likely N-dealkylation sites (tertiary alicyclic amines) is 1. The maximum Gasteiger partial charge on any atom is 0.315 e. The molecule has 0 radical (unpaired) electrons. The van der Waals surface area contributed by atoms with Gasteiger partial charge in [-0.2, -0.15) is 0 Å². The fourth-order valence-corrected chi connectivity index (χ4v) is 8.44. The number of carbonyl (C=O) groups is 5. The van der Waals surface area contributed by atoms with E-state index in [0.29, 0.717) is 38.1 Å². The Bertz CT molecular complexity index is 1250. The van der Waals surface area contributed by atoms with Gasteiger partial charge in [0.15, 0.2) is 0 Å². The Morgan fingerprint density at radius 2 is 1.60 bits per heavy atom. The average molecular weight is 653 g/mol. The number of urea groups is 1. The number of amides is 5. The van der Waals surface area contributed by atoms with Crippen molar-refractivity contribution in [3.05, 3.63) is 0 Å². The molecule has 0 aromatic carbocycles. The van der Waals surface area contributed by atoms with Crippen molar-refractivity contribution in [3.63, 3.8) is 0 Å². The standard InChI is InChI=1S/C31H52N6O7S/c1-20(21-11-12-21)36(5)45(43,44)19-31(15-7-6-8-16-31)35-29(42)34-25(30(2,3)4)28(41)37-17-9-10-23(37)26(39)32-18-24(38)27(40)33-22-13-14-22/h20-23,25H,6-19H2,1-5H3,(H,32,39)(H,33,40)(H2,34,35,42)/t20-,23-,25+/m0/s1. The third-order valence-corrected chi connectivity index (χ3v) is 11.9. The number of sulfonamides is 1. The second-order valence-electron chi connectivity index (χ2n) is 14.7. The fourth-order valence-electron chi connectivity index (χ4n) is 6.50. The van der Waals surface area contributed by atoms with Gasteiger partial charge in [-0.1, -0.05) is 40.0 Å². The molecule has 3 saturated carbocycles. The van der Waals surface area contributed by atoms with E-state index in [4.69, 9.17) is 0 Å². The lowest BCUT2D eigenvalue weighted by Gasteiger charge is -2.41. The SMILES string of the molecule is C[C@@H](C1CC1)N(C)S(=O)(=O)CC1(NC(=O)N[C@H](C(=O)N2CCC[C@H]2C(=O)NCC(=O)C(=O)NC2CC2)C(C)(C)C)CCCCC1. The Labute approximate surface area is 267 Å². The molecular weight excluding hydrogens is 600 g/mol. The van der Waals surface area contributed by atoms with Crippen LogP contribution in [0.3, 0.4) is 0 Å². The van der Waals surface area contributed by atoms with Gasteiger partial charge in [0, 0.05) is 25.7 Å². The Hall–Kier alpha value is -2.74. The molecule has 1 aliphatic heterocycles. The molecule has 45 heavy (non-hydrogen) atoms. The van der Waals surface area contributed by atoms with Crippen molar-refractivity contribution < 1.29 is 32.4 Å². The average Bonchev–Trinajstić information content (AvgIpc) is 3.91. The zero-order valence-corrected chi connectivity index (χ0v) is 28.3. The van der Waals surface area contributed by atoms with Crippen LogP contribution in [0, 0.1) is 11.3 Å². The minimum Gasteiger partial charge on any atom is -0.347 e. The van der Waals surface area contributed by atoms with Gasteiger partial charge in [0.1, 0.15) is 12.1 Å². The van der Waals surface area contributed by atoms with Crippen LogP contribution in [0.2, 0.25) is 0 Å². The Morgan fingerprint density at radius 3 is 2.18 bits per heavy atom. The van der Waals surface area contributed by atoms with Crippen molar-refractivity contribution in [2.45, 2.75) is 128 Å². The Kier molecular flexibility index (Phi) is 10.9. The topological polar surface area (TPSA) is 174 Å². The highest BCUT2D eigenvalue weighted by molar-refractivity contribution is 7.89. The minimum absolute atomic E-state index is 0.0221. The van der Waals surface area contributed by atoms with Crippen molar-refractivity contribution >= 4 is 39.6 Å². The van der Waals surface area contributed by atoms with Crippen molar-refractivity contribution in [1.82, 2.24) is 30.5 Å². The molecular formula is C31H52N6O7S. The molecule has 1 heterocycles. The lowest BCUT2D eigenvalue weighted by molar-refractivity contribution is -0.142. The Balaban J connectivity index is 1.41. The number of rotatable bonds is 13. The molecule has 0 aromatic rings. The molecule has 0 spiro atoms. The van der Waals surface area contributed by atoms with Crippen LogP contribution in [-0.2, 0) is 29.2 Å². The molecule has 0 unspecified atom stereocenters. The van der Waals surface area contributed by atoms with E-state index >= 15 is 0 Å². The molecule has 1 saturated heterocycles. The van der Waals surface area contributed by atoms with E-state index in [1.165, 1.54) is 9.21 Å². The number of ketones is 1. The second kappa shape index (κ2) is 13.9. The highest BCUT2D eigenvalue weighted by atomic mass is 32.2. The molecule has 3 aliphatic carbocycles. The summed E-state index contributed by atoms with van der Waals surface area (Å²) in [6.45, 7) is 7.21. The second-order valence-corrected chi connectivity index (χ2v) is 16.7. The van der Waals surface area contributed by atoms with Crippen LogP contribution in [-0.4, -0.2) is 103 Å². The first-order valence-electron chi connectivity index (χ1n) is 16.5. The highest BCUT2D eigenvalue weighted by Crippen LogP contribution is 2.37. The lowest BCUT2D eigenvalue weighted by Crippen LogP contribution is -2.63. The summed E-state index contributed by atoms with van der Waals surface area (Å²) in [7, 11) is -2.05. The summed E-state index contributed by atoms with van der Waals surface area (Å²) in [5.41, 5.74) is -1.70. The van der Waals surface area contributed by atoms with Crippen LogP contribution in [0.4, 0.5) is 4.79 Å². The first-order chi connectivity index (χ1) is 21.0. The molecule has 0 bridgehead atoms. The molecule has 4 fully saturated rings. The number of hydrogen-bond acceptors (Lipinski definition) is 7. The number of Topliss-reactive ketones (excluding diaryl/α,β-unsaturated/α-hetero) is 1. The van der Waals surface area contributed by atoms with Crippen molar-refractivity contribution in [1.29, 1.82) is 0 Å². The van der Waals surface area contributed by atoms with Crippen LogP contribution in [0.5, 0.6) is 0 Å². The monoisotopic (exact) mass is 652 g/mol. The molecule has 4 N–H and O–H groups in total. The molecule has 14 heteroatoms. The first kappa shape index (κ1) is 35.1. The summed E-state index contributed by atoms with van der Waals surface area (Å²) < 4.78 is 28.5. The summed E-state index contributed by atoms with van der Waals surface area (Å²) in [6.07, 6.45) is 8.23. The van der Waals surface area contributed by atoms with Crippen LogP contribution in [0.25, 0.3) is 0 Å². The van der Waals surface area contributed by atoms with Gasteiger partial charge in [-0.25, -0.2) is 17.5 Å². The Morgan fingerprint density at radius 1 is 0.956 bits per heavy atom. The van der Waals surface area contributed by atoms with Gasteiger partial charge < -0.3 is 26.2 Å². The number of nitrogens with zero attached hydrogens (tertiary/aromatic N) is 2. The van der Waals surface area contributed by atoms with Gasteiger partial charge in [0.2, 0.25) is 27.6 Å². The molecule has 0 aromatic heterocycles. The van der Waals surface area contributed by atoms with Gasteiger partial charge in [-0.3, -0.25) is 19.2 Å². The fraction of sp³-hybridized carbons (Fsp3) is 0.839. The van der Waals surface area contributed by atoms with Crippen molar-refractivity contribution in [2.75, 3.05) is 25.9 Å². The smallest absolute Gasteiger partial charge is 0.315 e. The normalized spacial score (nSPS) is 23.2. The van der Waals surface area contributed by atoms with Crippen molar-refractivity contribution in [3.8, 4) is 0 Å². The van der Waals surface area contributed by atoms with Crippen LogP contribution < -0.4 is 21.3 Å². The summed E-state index contributed by atoms with van der Waals surface area (Å²) in [4.78, 5) is 66.1. The van der Waals surface area contributed by atoms with E-state index in [1.807, 2.05) is 27.7 Å². The summed E-state index contributed by atoms with van der Waals surface area (Å²) in [5.74, 6) is -2.28. The first-order valence-corrected chi connectivity index (χ1v) is 18.1. The van der Waals surface area contributed by atoms with Crippen molar-refractivity contribution in [2.24, 2.45) is 11.3 Å². The van der Waals surface area contributed by atoms with Crippen LogP contribution >= 0.6 is 0 Å². The summed E-state index contributed by atoms with van der Waals surface area (Å²) in [5, 5.41) is 10.9. The zero-order chi connectivity index (χ0) is 33.2. The van der Waals surface area contributed by atoms with E-state index in [1.54, 1.807) is 7.05 Å². The number of hydrogen-bond donors (Lipinski definition) is 4. The van der Waals surface area contributed by atoms with E-state index < -0.39 is 69.1 Å². The molecule has 4 rings (SSSR count). The predicted molar refractivity (Wildman–Crippen MR) is 168 cm³/mol. The van der Waals surface area contributed by atoms with E-state index in [0.717, 1.165) is 44.9 Å².